The van der Waals surface area contributed by atoms with Gasteiger partial charge >= 0.3 is 0 Å². The fourth-order valence-electron chi connectivity index (χ4n) is 2.65. The molecule has 0 bridgehead atoms. The summed E-state index contributed by atoms with van der Waals surface area (Å²) in [5, 5.41) is 2.31. The Labute approximate surface area is 146 Å². The van der Waals surface area contributed by atoms with E-state index in [2.05, 4.69) is 27.1 Å². The third-order valence-electron chi connectivity index (χ3n) is 4.17. The van der Waals surface area contributed by atoms with E-state index in [0.717, 1.165) is 28.1 Å². The molecule has 4 aromatic rings. The molecule has 0 amide bonds. The van der Waals surface area contributed by atoms with E-state index >= 15 is 0 Å². The van der Waals surface area contributed by atoms with Crippen molar-refractivity contribution < 1.29 is 4.74 Å². The summed E-state index contributed by atoms with van der Waals surface area (Å²) in [5.74, 6) is 1.88. The van der Waals surface area contributed by atoms with Crippen LogP contribution in [0.25, 0.3) is 22.3 Å². The van der Waals surface area contributed by atoms with Crippen LogP contribution in [0.2, 0.25) is 0 Å². The van der Waals surface area contributed by atoms with Crippen LogP contribution in [0.3, 0.4) is 0 Å². The molecular weight excluding hydrogens is 310 g/mol. The second kappa shape index (κ2) is 6.32. The monoisotopic (exact) mass is 327 g/mol. The third kappa shape index (κ3) is 3.06. The van der Waals surface area contributed by atoms with Crippen molar-refractivity contribution in [1.82, 2.24) is 15.0 Å². The first-order valence-electron chi connectivity index (χ1n) is 8.14. The molecule has 2 aromatic carbocycles. The second-order valence-electron chi connectivity index (χ2n) is 5.89. The van der Waals surface area contributed by atoms with Gasteiger partial charge in [0, 0.05) is 17.5 Å². The lowest BCUT2D eigenvalue weighted by Gasteiger charge is -2.11. The van der Waals surface area contributed by atoms with Gasteiger partial charge in [-0.05, 0) is 48.9 Å². The normalized spacial score (nSPS) is 10.8. The molecule has 0 aliphatic rings. The Morgan fingerprint density at radius 3 is 2.40 bits per heavy atom. The van der Waals surface area contributed by atoms with Gasteiger partial charge < -0.3 is 4.74 Å². The lowest BCUT2D eigenvalue weighted by molar-refractivity contribution is 0.458. The van der Waals surface area contributed by atoms with Crippen LogP contribution in [0.5, 0.6) is 11.6 Å². The maximum absolute atomic E-state index is 6.08. The number of aromatic nitrogens is 3. The Balaban J connectivity index is 1.75. The largest absolute Gasteiger partial charge is 0.439 e. The van der Waals surface area contributed by atoms with Crippen LogP contribution < -0.4 is 4.74 Å². The number of rotatable bonds is 3. The highest BCUT2D eigenvalue weighted by atomic mass is 16.5. The van der Waals surface area contributed by atoms with Crippen molar-refractivity contribution in [3.05, 3.63) is 78.1 Å². The molecule has 25 heavy (non-hydrogen) atoms. The average molecular weight is 327 g/mol. The van der Waals surface area contributed by atoms with Gasteiger partial charge in [0.15, 0.2) is 5.82 Å². The summed E-state index contributed by atoms with van der Waals surface area (Å²) in [4.78, 5) is 13.5. The van der Waals surface area contributed by atoms with E-state index in [1.165, 1.54) is 5.39 Å². The molecule has 0 radical (unpaired) electrons. The lowest BCUT2D eigenvalue weighted by Crippen LogP contribution is -2.01. The highest BCUT2D eigenvalue weighted by molar-refractivity contribution is 5.83. The van der Waals surface area contributed by atoms with Gasteiger partial charge in [-0.2, -0.15) is 4.98 Å². The number of pyridine rings is 1. The molecule has 0 aliphatic heterocycles. The van der Waals surface area contributed by atoms with Gasteiger partial charge in [0.2, 0.25) is 5.88 Å². The van der Waals surface area contributed by atoms with Crippen LogP contribution in [-0.4, -0.2) is 15.0 Å². The Morgan fingerprint density at radius 2 is 1.60 bits per heavy atom. The number of hydrogen-bond donors (Lipinski definition) is 0. The fourth-order valence-corrected chi connectivity index (χ4v) is 2.65. The van der Waals surface area contributed by atoms with Crippen molar-refractivity contribution in [1.29, 1.82) is 0 Å². The number of nitrogens with zero attached hydrogens (tertiary/aromatic N) is 3. The van der Waals surface area contributed by atoms with Crippen molar-refractivity contribution >= 4 is 10.8 Å². The molecule has 0 spiro atoms. The second-order valence-corrected chi connectivity index (χ2v) is 5.89. The first kappa shape index (κ1) is 15.3. The van der Waals surface area contributed by atoms with Crippen LogP contribution in [0.1, 0.15) is 11.3 Å². The van der Waals surface area contributed by atoms with Crippen LogP contribution in [0.4, 0.5) is 0 Å². The molecule has 2 heterocycles. The van der Waals surface area contributed by atoms with Crippen molar-refractivity contribution in [2.24, 2.45) is 0 Å². The summed E-state index contributed by atoms with van der Waals surface area (Å²) in [7, 11) is 0. The zero-order valence-electron chi connectivity index (χ0n) is 14.1. The summed E-state index contributed by atoms with van der Waals surface area (Å²) in [6, 6.07) is 19.9. The summed E-state index contributed by atoms with van der Waals surface area (Å²) in [5.41, 5.74) is 2.54. The van der Waals surface area contributed by atoms with Gasteiger partial charge in [0.25, 0.3) is 0 Å². The zero-order valence-corrected chi connectivity index (χ0v) is 14.1. The maximum Gasteiger partial charge on any atom is 0.226 e. The Hall–Kier alpha value is -3.27. The topological polar surface area (TPSA) is 47.9 Å². The van der Waals surface area contributed by atoms with E-state index in [-0.39, 0.29) is 0 Å². The van der Waals surface area contributed by atoms with E-state index in [1.807, 2.05) is 62.4 Å². The van der Waals surface area contributed by atoms with Crippen LogP contribution in [0, 0.1) is 13.8 Å². The number of ether oxygens (including phenoxy) is 1. The molecule has 4 rings (SSSR count). The van der Waals surface area contributed by atoms with E-state index in [1.54, 1.807) is 6.20 Å². The van der Waals surface area contributed by atoms with E-state index < -0.39 is 0 Å². The van der Waals surface area contributed by atoms with Crippen LogP contribution >= 0.6 is 0 Å². The van der Waals surface area contributed by atoms with E-state index in [4.69, 9.17) is 4.74 Å². The molecule has 0 saturated heterocycles. The minimum absolute atomic E-state index is 0.559. The third-order valence-corrected chi connectivity index (χ3v) is 4.17. The lowest BCUT2D eigenvalue weighted by atomic mass is 10.1. The maximum atomic E-state index is 6.08. The standard InChI is InChI=1S/C21H17N3O/c1-14-15(2)23-20(19-9-5-6-12-22-19)24-21(14)25-18-11-10-16-7-3-4-8-17(16)13-18/h3-13H,1-2H3. The minimum atomic E-state index is 0.559. The highest BCUT2D eigenvalue weighted by Crippen LogP contribution is 2.29. The van der Waals surface area contributed by atoms with Gasteiger partial charge in [0.1, 0.15) is 11.4 Å². The van der Waals surface area contributed by atoms with Gasteiger partial charge in [-0.3, -0.25) is 4.98 Å². The van der Waals surface area contributed by atoms with Gasteiger partial charge in [0.05, 0.1) is 0 Å². The molecule has 0 saturated carbocycles. The molecule has 122 valence electrons. The van der Waals surface area contributed by atoms with Crippen LogP contribution in [-0.2, 0) is 0 Å². The van der Waals surface area contributed by atoms with Crippen molar-refractivity contribution in [2.75, 3.05) is 0 Å². The quantitative estimate of drug-likeness (QED) is 0.525. The number of fused-ring (bicyclic) bond motifs is 1. The minimum Gasteiger partial charge on any atom is -0.439 e. The fraction of sp³-hybridized carbons (Fsp3) is 0.0952. The SMILES string of the molecule is Cc1nc(-c2ccccn2)nc(Oc2ccc3ccccc3c2)c1C. The number of aryl methyl sites for hydroxylation is 1. The van der Waals surface area contributed by atoms with Gasteiger partial charge in [-0.25, -0.2) is 4.98 Å². The van der Waals surface area contributed by atoms with Gasteiger partial charge in [-0.15, -0.1) is 0 Å². The first-order chi connectivity index (χ1) is 12.2. The zero-order chi connectivity index (χ0) is 17.2. The molecular formula is C21H17N3O. The summed E-state index contributed by atoms with van der Waals surface area (Å²) in [6.45, 7) is 3.92. The van der Waals surface area contributed by atoms with E-state index in [9.17, 15) is 0 Å². The Kier molecular flexibility index (Phi) is 3.86. The van der Waals surface area contributed by atoms with Crippen molar-refractivity contribution in [3.63, 3.8) is 0 Å². The molecule has 4 heteroatoms. The molecule has 0 fully saturated rings. The molecule has 2 aromatic heterocycles. The first-order valence-corrected chi connectivity index (χ1v) is 8.14. The smallest absolute Gasteiger partial charge is 0.226 e. The molecule has 0 aliphatic carbocycles. The summed E-state index contributed by atoms with van der Waals surface area (Å²) < 4.78 is 6.08. The van der Waals surface area contributed by atoms with Crippen molar-refractivity contribution in [2.45, 2.75) is 13.8 Å². The predicted molar refractivity (Wildman–Crippen MR) is 98.8 cm³/mol. The predicted octanol–water partition coefficient (Wildman–Crippen LogP) is 5.10. The molecule has 4 nitrogen and oxygen atoms in total. The summed E-state index contributed by atoms with van der Waals surface area (Å²) in [6.07, 6.45) is 1.73. The molecule has 0 N–H and O–H groups in total. The number of benzene rings is 2. The summed E-state index contributed by atoms with van der Waals surface area (Å²) >= 11 is 0. The molecule has 0 unspecified atom stereocenters. The highest BCUT2D eigenvalue weighted by Gasteiger charge is 2.12. The Morgan fingerprint density at radius 1 is 0.800 bits per heavy atom. The number of hydrogen-bond acceptors (Lipinski definition) is 4. The molecule has 0 atom stereocenters. The van der Waals surface area contributed by atoms with Crippen LogP contribution in [0.15, 0.2) is 66.9 Å². The average Bonchev–Trinajstić information content (AvgIpc) is 2.66. The van der Waals surface area contributed by atoms with Crippen molar-refractivity contribution in [3.8, 4) is 23.1 Å². The van der Waals surface area contributed by atoms with E-state index in [0.29, 0.717) is 11.7 Å². The van der Waals surface area contributed by atoms with Gasteiger partial charge in [-0.1, -0.05) is 36.4 Å². The Bertz CT molecular complexity index is 1050.